The molecule has 0 radical (unpaired) electrons. The summed E-state index contributed by atoms with van der Waals surface area (Å²) in [6.45, 7) is 4.18. The highest BCUT2D eigenvalue weighted by Crippen LogP contribution is 2.35. The summed E-state index contributed by atoms with van der Waals surface area (Å²) in [5.41, 5.74) is 1.83. The number of hydrogen-bond donors (Lipinski definition) is 0. The van der Waals surface area contributed by atoms with Crippen LogP contribution < -0.4 is 4.74 Å². The number of esters is 2. The Morgan fingerprint density at radius 3 is 2.50 bits per heavy atom. The molecule has 2 aromatic rings. The Morgan fingerprint density at radius 1 is 1.15 bits per heavy atom. The molecule has 0 saturated carbocycles. The number of ether oxygens (including phenoxy) is 3. The molecule has 0 atom stereocenters. The van der Waals surface area contributed by atoms with E-state index in [9.17, 15) is 14.4 Å². The maximum Gasteiger partial charge on any atom is 0.344 e. The molecule has 1 saturated heterocycles. The van der Waals surface area contributed by atoms with E-state index in [-0.39, 0.29) is 12.5 Å². The van der Waals surface area contributed by atoms with Crippen molar-refractivity contribution in [3.63, 3.8) is 0 Å². The van der Waals surface area contributed by atoms with Crippen LogP contribution in [0.2, 0.25) is 0 Å². The summed E-state index contributed by atoms with van der Waals surface area (Å²) in [4.78, 5) is 42.7. The number of hydrogen-bond acceptors (Lipinski definition) is 8. The summed E-state index contributed by atoms with van der Waals surface area (Å²) < 4.78 is 15.7. The number of benzene rings is 2. The summed E-state index contributed by atoms with van der Waals surface area (Å²) in [6, 6.07) is 12.0. The third-order valence-electron chi connectivity index (χ3n) is 4.62. The van der Waals surface area contributed by atoms with Gasteiger partial charge in [-0.2, -0.15) is 0 Å². The topological polar surface area (TPSA) is 94.5 Å². The fourth-order valence-corrected chi connectivity index (χ4v) is 4.56. The van der Waals surface area contributed by atoms with Gasteiger partial charge in [-0.1, -0.05) is 6.07 Å². The molecule has 178 valence electrons. The van der Waals surface area contributed by atoms with Crippen LogP contribution in [0.1, 0.15) is 29.8 Å². The average Bonchev–Trinajstić information content (AvgIpc) is 3.12. The molecule has 1 fully saturated rings. The second-order valence-corrected chi connectivity index (χ2v) is 8.74. The van der Waals surface area contributed by atoms with E-state index in [1.807, 2.05) is 6.92 Å². The highest BCUT2D eigenvalue weighted by atomic mass is 79.9. The Morgan fingerprint density at radius 2 is 1.88 bits per heavy atom. The zero-order chi connectivity index (χ0) is 24.7. The van der Waals surface area contributed by atoms with E-state index in [2.05, 4.69) is 20.9 Å². The molecule has 34 heavy (non-hydrogen) atoms. The second kappa shape index (κ2) is 11.8. The van der Waals surface area contributed by atoms with Crippen LogP contribution in [0.15, 0.2) is 56.8 Å². The van der Waals surface area contributed by atoms with Crippen molar-refractivity contribution in [1.82, 2.24) is 4.90 Å². The lowest BCUT2D eigenvalue weighted by Gasteiger charge is -2.12. The van der Waals surface area contributed by atoms with Gasteiger partial charge in [0.25, 0.3) is 5.91 Å². The molecule has 3 rings (SSSR count). The van der Waals surface area contributed by atoms with Gasteiger partial charge in [-0.15, -0.1) is 0 Å². The minimum atomic E-state index is -0.444. The van der Waals surface area contributed by atoms with Crippen molar-refractivity contribution in [2.24, 2.45) is 4.99 Å². The maximum atomic E-state index is 12.9. The van der Waals surface area contributed by atoms with Gasteiger partial charge < -0.3 is 14.2 Å². The largest absolute Gasteiger partial charge is 0.481 e. The minimum Gasteiger partial charge on any atom is -0.481 e. The van der Waals surface area contributed by atoms with Crippen LogP contribution in [-0.4, -0.2) is 54.8 Å². The standard InChI is InChI=1S/C24H23BrN2O6S/c1-4-27-22(29)20(34-24(27)26-17-9-7-16(8-10-17)23(30)31-3)13-15-6-11-19(18(25)12-15)33-14-21(28)32-5-2/h6-13H,4-5,14H2,1-3H3/b20-13+,26-24?. The molecule has 1 heterocycles. The number of thioether (sulfide) groups is 1. The van der Waals surface area contributed by atoms with E-state index in [4.69, 9.17) is 14.2 Å². The lowest BCUT2D eigenvalue weighted by molar-refractivity contribution is -0.145. The molecule has 0 aliphatic carbocycles. The fraction of sp³-hybridized carbons (Fsp3) is 0.250. The third-order valence-corrected chi connectivity index (χ3v) is 6.25. The number of amides is 1. The number of likely N-dealkylation sites (N-methyl/N-ethyl adjacent to an activating group) is 1. The highest BCUT2D eigenvalue weighted by molar-refractivity contribution is 9.10. The van der Waals surface area contributed by atoms with Gasteiger partial charge in [0.1, 0.15) is 5.75 Å². The number of rotatable bonds is 8. The van der Waals surface area contributed by atoms with Crippen LogP contribution in [0.4, 0.5) is 5.69 Å². The Balaban J connectivity index is 1.77. The van der Waals surface area contributed by atoms with Gasteiger partial charge in [0.2, 0.25) is 0 Å². The first-order valence-electron chi connectivity index (χ1n) is 10.4. The van der Waals surface area contributed by atoms with E-state index in [1.54, 1.807) is 60.4 Å². The van der Waals surface area contributed by atoms with Crippen LogP contribution in [0.3, 0.4) is 0 Å². The second-order valence-electron chi connectivity index (χ2n) is 6.88. The Hall–Kier alpha value is -3.11. The van der Waals surface area contributed by atoms with E-state index >= 15 is 0 Å². The van der Waals surface area contributed by atoms with Crippen molar-refractivity contribution in [3.05, 3.63) is 63.0 Å². The van der Waals surface area contributed by atoms with Crippen molar-refractivity contribution in [2.45, 2.75) is 13.8 Å². The predicted octanol–water partition coefficient (Wildman–Crippen LogP) is 4.80. The Labute approximate surface area is 210 Å². The molecule has 0 spiro atoms. The maximum absolute atomic E-state index is 12.9. The number of aliphatic imine (C=N–C) groups is 1. The highest BCUT2D eigenvalue weighted by Gasteiger charge is 2.32. The van der Waals surface area contributed by atoms with Crippen LogP contribution >= 0.6 is 27.7 Å². The normalized spacial score (nSPS) is 15.6. The third kappa shape index (κ3) is 6.27. The summed E-state index contributed by atoms with van der Waals surface area (Å²) in [7, 11) is 1.33. The monoisotopic (exact) mass is 546 g/mol. The summed E-state index contributed by atoms with van der Waals surface area (Å²) in [6.07, 6.45) is 1.78. The van der Waals surface area contributed by atoms with Crippen molar-refractivity contribution in [3.8, 4) is 5.75 Å². The van der Waals surface area contributed by atoms with E-state index in [0.29, 0.717) is 44.7 Å². The first-order chi connectivity index (χ1) is 16.4. The number of carbonyl (C=O) groups is 3. The molecular formula is C24H23BrN2O6S. The van der Waals surface area contributed by atoms with E-state index in [1.165, 1.54) is 18.9 Å². The smallest absolute Gasteiger partial charge is 0.344 e. The molecule has 1 aliphatic rings. The van der Waals surface area contributed by atoms with Crippen molar-refractivity contribution >= 4 is 62.5 Å². The molecular weight excluding hydrogens is 524 g/mol. The van der Waals surface area contributed by atoms with Gasteiger partial charge in [-0.05, 0) is 89.6 Å². The van der Waals surface area contributed by atoms with Crippen molar-refractivity contribution in [2.75, 3.05) is 26.9 Å². The van der Waals surface area contributed by atoms with Crippen LogP contribution in [-0.2, 0) is 19.1 Å². The minimum absolute atomic E-state index is 0.142. The fourth-order valence-electron chi connectivity index (χ4n) is 2.99. The molecule has 1 aliphatic heterocycles. The predicted molar refractivity (Wildman–Crippen MR) is 134 cm³/mol. The molecule has 0 bridgehead atoms. The first-order valence-corrected chi connectivity index (χ1v) is 12.0. The van der Waals surface area contributed by atoms with Gasteiger partial charge >= 0.3 is 11.9 Å². The SMILES string of the molecule is CCOC(=O)COc1ccc(/C=C2/SC(=Nc3ccc(C(=O)OC)cc3)N(CC)C2=O)cc1Br. The van der Waals surface area contributed by atoms with Crippen molar-refractivity contribution in [1.29, 1.82) is 0 Å². The quantitative estimate of drug-likeness (QED) is 0.346. The van der Waals surface area contributed by atoms with E-state index in [0.717, 1.165) is 5.56 Å². The number of halogens is 1. The van der Waals surface area contributed by atoms with Gasteiger partial charge in [0, 0.05) is 6.54 Å². The van der Waals surface area contributed by atoms with Crippen molar-refractivity contribution < 1.29 is 28.6 Å². The molecule has 10 heteroatoms. The molecule has 2 aromatic carbocycles. The Bertz CT molecular complexity index is 1150. The average molecular weight is 547 g/mol. The van der Waals surface area contributed by atoms with Gasteiger partial charge in [-0.25, -0.2) is 14.6 Å². The van der Waals surface area contributed by atoms with Crippen LogP contribution in [0.5, 0.6) is 5.75 Å². The lowest BCUT2D eigenvalue weighted by atomic mass is 10.2. The number of amidine groups is 1. The number of carbonyl (C=O) groups excluding carboxylic acids is 3. The number of nitrogens with zero attached hydrogens (tertiary/aromatic N) is 2. The molecule has 0 N–H and O–H groups in total. The van der Waals surface area contributed by atoms with Gasteiger partial charge in [0.15, 0.2) is 11.8 Å². The summed E-state index contributed by atoms with van der Waals surface area (Å²) in [5.74, 6) is -0.516. The molecule has 1 amide bonds. The lowest BCUT2D eigenvalue weighted by Crippen LogP contribution is -2.28. The van der Waals surface area contributed by atoms with Crippen LogP contribution in [0.25, 0.3) is 6.08 Å². The molecule has 0 unspecified atom stereocenters. The number of methoxy groups -OCH3 is 1. The van der Waals surface area contributed by atoms with Gasteiger partial charge in [-0.3, -0.25) is 9.69 Å². The van der Waals surface area contributed by atoms with Gasteiger partial charge in [0.05, 0.1) is 34.3 Å². The zero-order valence-electron chi connectivity index (χ0n) is 18.9. The summed E-state index contributed by atoms with van der Waals surface area (Å²) in [5, 5.41) is 0.554. The molecule has 8 nitrogen and oxygen atoms in total. The zero-order valence-corrected chi connectivity index (χ0v) is 21.3. The van der Waals surface area contributed by atoms with Crippen LogP contribution in [0, 0.1) is 0 Å². The first kappa shape index (κ1) is 25.5. The summed E-state index contributed by atoms with van der Waals surface area (Å²) >= 11 is 4.71. The molecule has 0 aromatic heterocycles. The van der Waals surface area contributed by atoms with E-state index < -0.39 is 11.9 Å². The Kier molecular flexibility index (Phi) is 8.89.